The molecule has 2 N–H and O–H groups in total. The highest BCUT2D eigenvalue weighted by Crippen LogP contribution is 2.37. The molecule has 0 aliphatic carbocycles. The number of hydrogen-bond acceptors (Lipinski definition) is 8. The standard InChI is InChI=1S/C9H9N5O4S2/c1-10-9-6(14(15)16)5-8(19-9)20(17,18)13-7-3-2-4-11-12-7/h2-5,10H,1H3,(H,12,13). The van der Waals surface area contributed by atoms with E-state index in [1.54, 1.807) is 0 Å². The minimum Gasteiger partial charge on any atom is -0.374 e. The molecule has 0 aromatic carbocycles. The zero-order valence-corrected chi connectivity index (χ0v) is 11.7. The molecule has 0 amide bonds. The maximum atomic E-state index is 12.1. The molecule has 0 aliphatic rings. The third kappa shape index (κ3) is 2.83. The van der Waals surface area contributed by atoms with E-state index in [0.29, 0.717) is 0 Å². The summed E-state index contributed by atoms with van der Waals surface area (Å²) in [6.45, 7) is 0. The van der Waals surface area contributed by atoms with Crippen LogP contribution in [0.2, 0.25) is 0 Å². The average Bonchev–Trinajstić information content (AvgIpc) is 2.84. The van der Waals surface area contributed by atoms with Crippen LogP contribution in [0.25, 0.3) is 0 Å². The van der Waals surface area contributed by atoms with Crippen LogP contribution >= 0.6 is 11.3 Å². The molecule has 20 heavy (non-hydrogen) atoms. The number of anilines is 2. The fraction of sp³-hybridized carbons (Fsp3) is 0.111. The Bertz CT molecular complexity index is 728. The van der Waals surface area contributed by atoms with Gasteiger partial charge in [0, 0.05) is 19.3 Å². The molecule has 0 saturated carbocycles. The van der Waals surface area contributed by atoms with Crippen LogP contribution in [0.5, 0.6) is 0 Å². The van der Waals surface area contributed by atoms with Crippen molar-refractivity contribution in [2.75, 3.05) is 17.1 Å². The molecule has 0 aliphatic heterocycles. The Kier molecular flexibility index (Phi) is 3.81. The van der Waals surface area contributed by atoms with Gasteiger partial charge in [0.2, 0.25) is 0 Å². The van der Waals surface area contributed by atoms with E-state index in [2.05, 4.69) is 20.2 Å². The summed E-state index contributed by atoms with van der Waals surface area (Å²) in [5.74, 6) is 0.0366. The number of hydrogen-bond donors (Lipinski definition) is 2. The lowest BCUT2D eigenvalue weighted by atomic mass is 10.5. The van der Waals surface area contributed by atoms with Gasteiger partial charge in [-0.05, 0) is 12.1 Å². The van der Waals surface area contributed by atoms with Crippen molar-refractivity contribution in [1.82, 2.24) is 10.2 Å². The van der Waals surface area contributed by atoms with E-state index in [9.17, 15) is 18.5 Å². The Morgan fingerprint density at radius 1 is 1.45 bits per heavy atom. The predicted molar refractivity (Wildman–Crippen MR) is 73.4 cm³/mol. The number of nitrogens with zero attached hydrogens (tertiary/aromatic N) is 3. The first-order valence-electron chi connectivity index (χ1n) is 5.20. The van der Waals surface area contributed by atoms with E-state index in [-0.39, 0.29) is 20.7 Å². The Morgan fingerprint density at radius 2 is 2.20 bits per heavy atom. The van der Waals surface area contributed by atoms with Crippen molar-refractivity contribution in [2.24, 2.45) is 0 Å². The molecule has 0 bridgehead atoms. The highest BCUT2D eigenvalue weighted by molar-refractivity contribution is 7.94. The molecule has 0 unspecified atom stereocenters. The van der Waals surface area contributed by atoms with Gasteiger partial charge in [-0.2, -0.15) is 5.10 Å². The fourth-order valence-electron chi connectivity index (χ4n) is 1.35. The maximum Gasteiger partial charge on any atom is 0.304 e. The summed E-state index contributed by atoms with van der Waals surface area (Å²) in [5, 5.41) is 20.7. The van der Waals surface area contributed by atoms with Crippen molar-refractivity contribution >= 4 is 37.9 Å². The first kappa shape index (κ1) is 14.1. The van der Waals surface area contributed by atoms with Gasteiger partial charge in [0.1, 0.15) is 4.21 Å². The number of sulfonamides is 1. The van der Waals surface area contributed by atoms with Gasteiger partial charge < -0.3 is 5.32 Å². The van der Waals surface area contributed by atoms with Gasteiger partial charge in [0.25, 0.3) is 10.0 Å². The summed E-state index contributed by atoms with van der Waals surface area (Å²) in [7, 11) is -2.46. The van der Waals surface area contributed by atoms with Crippen LogP contribution in [-0.2, 0) is 10.0 Å². The van der Waals surface area contributed by atoms with Crippen LogP contribution in [0.4, 0.5) is 16.5 Å². The molecule has 9 nitrogen and oxygen atoms in total. The Balaban J connectivity index is 2.37. The lowest BCUT2D eigenvalue weighted by molar-refractivity contribution is -0.383. The quantitative estimate of drug-likeness (QED) is 0.628. The lowest BCUT2D eigenvalue weighted by Crippen LogP contribution is -2.12. The fourth-order valence-corrected chi connectivity index (χ4v) is 3.63. The molecule has 0 fully saturated rings. The summed E-state index contributed by atoms with van der Waals surface area (Å²) in [6.07, 6.45) is 1.40. The third-order valence-electron chi connectivity index (χ3n) is 2.19. The van der Waals surface area contributed by atoms with Crippen LogP contribution < -0.4 is 10.0 Å². The average molecular weight is 315 g/mol. The first-order chi connectivity index (χ1) is 9.44. The number of nitro groups is 1. The van der Waals surface area contributed by atoms with Gasteiger partial charge >= 0.3 is 5.69 Å². The highest BCUT2D eigenvalue weighted by atomic mass is 32.2. The maximum absolute atomic E-state index is 12.1. The van der Waals surface area contributed by atoms with E-state index in [0.717, 1.165) is 17.4 Å². The second kappa shape index (κ2) is 5.38. The summed E-state index contributed by atoms with van der Waals surface area (Å²) in [6, 6.07) is 3.93. The largest absolute Gasteiger partial charge is 0.374 e. The van der Waals surface area contributed by atoms with E-state index < -0.39 is 14.9 Å². The van der Waals surface area contributed by atoms with E-state index in [1.807, 2.05) is 0 Å². The molecule has 11 heteroatoms. The van der Waals surface area contributed by atoms with Crippen molar-refractivity contribution in [3.05, 3.63) is 34.5 Å². The minimum absolute atomic E-state index is 0.0366. The summed E-state index contributed by atoms with van der Waals surface area (Å²) >= 11 is 0.763. The van der Waals surface area contributed by atoms with Gasteiger partial charge in [-0.15, -0.1) is 5.10 Å². The van der Waals surface area contributed by atoms with Crippen LogP contribution in [0.1, 0.15) is 0 Å². The van der Waals surface area contributed by atoms with E-state index >= 15 is 0 Å². The van der Waals surface area contributed by atoms with Crippen molar-refractivity contribution in [1.29, 1.82) is 0 Å². The van der Waals surface area contributed by atoms with Gasteiger partial charge in [0.15, 0.2) is 10.8 Å². The normalized spacial score (nSPS) is 11.1. The van der Waals surface area contributed by atoms with Crippen LogP contribution in [0, 0.1) is 10.1 Å². The topological polar surface area (TPSA) is 127 Å². The number of aromatic nitrogens is 2. The van der Waals surface area contributed by atoms with Crippen molar-refractivity contribution in [2.45, 2.75) is 4.21 Å². The van der Waals surface area contributed by atoms with E-state index in [1.165, 1.54) is 25.4 Å². The van der Waals surface area contributed by atoms with Crippen molar-refractivity contribution < 1.29 is 13.3 Å². The van der Waals surface area contributed by atoms with Gasteiger partial charge in [0.05, 0.1) is 4.92 Å². The molecular weight excluding hydrogens is 306 g/mol. The predicted octanol–water partition coefficient (Wildman–Crippen LogP) is 1.29. The van der Waals surface area contributed by atoms with Crippen LogP contribution in [-0.4, -0.2) is 30.6 Å². The summed E-state index contributed by atoms with van der Waals surface area (Å²) in [4.78, 5) is 10.2. The van der Waals surface area contributed by atoms with Crippen molar-refractivity contribution in [3.63, 3.8) is 0 Å². The monoisotopic (exact) mass is 315 g/mol. The molecular formula is C9H9N5O4S2. The molecule has 2 heterocycles. The Labute approximate surface area is 117 Å². The van der Waals surface area contributed by atoms with Gasteiger partial charge in [-0.3, -0.25) is 14.8 Å². The minimum atomic E-state index is -3.94. The van der Waals surface area contributed by atoms with Crippen LogP contribution in [0.3, 0.4) is 0 Å². The smallest absolute Gasteiger partial charge is 0.304 e. The lowest BCUT2D eigenvalue weighted by Gasteiger charge is -2.03. The summed E-state index contributed by atoms with van der Waals surface area (Å²) in [5.41, 5.74) is -0.294. The first-order valence-corrected chi connectivity index (χ1v) is 7.50. The SMILES string of the molecule is CNc1sc(S(=O)(=O)Nc2cccnn2)cc1[N+](=O)[O-]. The molecule has 0 atom stereocenters. The van der Waals surface area contributed by atoms with E-state index in [4.69, 9.17) is 0 Å². The number of thiophene rings is 1. The molecule has 0 saturated heterocycles. The number of nitrogens with one attached hydrogen (secondary N) is 2. The molecule has 0 radical (unpaired) electrons. The second-order valence-electron chi connectivity index (χ2n) is 3.50. The highest BCUT2D eigenvalue weighted by Gasteiger charge is 2.26. The zero-order valence-electron chi connectivity index (χ0n) is 10.1. The summed E-state index contributed by atoms with van der Waals surface area (Å²) < 4.78 is 26.2. The van der Waals surface area contributed by atoms with Gasteiger partial charge in [-0.25, -0.2) is 8.42 Å². The molecule has 106 valence electrons. The molecule has 2 aromatic heterocycles. The number of rotatable bonds is 5. The Morgan fingerprint density at radius 3 is 2.70 bits per heavy atom. The van der Waals surface area contributed by atoms with Crippen LogP contribution in [0.15, 0.2) is 28.6 Å². The second-order valence-corrected chi connectivity index (χ2v) is 6.46. The molecule has 2 rings (SSSR count). The molecule has 0 spiro atoms. The van der Waals surface area contributed by atoms with Crippen molar-refractivity contribution in [3.8, 4) is 0 Å². The zero-order chi connectivity index (χ0) is 14.8. The molecule has 2 aromatic rings. The Hall–Kier alpha value is -2.27. The third-order valence-corrected chi connectivity index (χ3v) is 5.16. The van der Waals surface area contributed by atoms with Gasteiger partial charge in [-0.1, -0.05) is 11.3 Å².